The maximum absolute atomic E-state index is 12.7. The SMILES string of the molecule is CCOC(=O)c1nnn(Cc2ccc(OC)cc2)c1O[C@H]1CC[C@H](c2cc(OC(F)(F)F)ccc2Cl)CC1. The second kappa shape index (κ2) is 11.9. The van der Waals surface area contributed by atoms with E-state index in [1.54, 1.807) is 14.0 Å². The quantitative estimate of drug-likeness (QED) is 0.293. The fourth-order valence-electron chi connectivity index (χ4n) is 4.44. The lowest BCUT2D eigenvalue weighted by Gasteiger charge is -2.30. The second-order valence-electron chi connectivity index (χ2n) is 8.79. The Labute approximate surface area is 222 Å². The van der Waals surface area contributed by atoms with Gasteiger partial charge < -0.3 is 18.9 Å². The summed E-state index contributed by atoms with van der Waals surface area (Å²) in [6.45, 7) is 2.18. The van der Waals surface area contributed by atoms with Crippen LogP contribution in [0.2, 0.25) is 5.02 Å². The molecule has 1 aliphatic rings. The number of halogens is 4. The van der Waals surface area contributed by atoms with E-state index in [-0.39, 0.29) is 36.0 Å². The Bertz CT molecular complexity index is 1240. The van der Waals surface area contributed by atoms with Crippen molar-refractivity contribution in [2.24, 2.45) is 0 Å². The summed E-state index contributed by atoms with van der Waals surface area (Å²) in [5.41, 5.74) is 1.49. The largest absolute Gasteiger partial charge is 0.573 e. The summed E-state index contributed by atoms with van der Waals surface area (Å²) in [5.74, 6) is -0.0796. The monoisotopic (exact) mass is 553 g/mol. The Morgan fingerprint density at radius 2 is 1.76 bits per heavy atom. The van der Waals surface area contributed by atoms with E-state index in [4.69, 9.17) is 25.8 Å². The van der Waals surface area contributed by atoms with Gasteiger partial charge in [-0.1, -0.05) is 28.9 Å². The molecule has 1 aliphatic carbocycles. The zero-order chi connectivity index (χ0) is 27.3. The van der Waals surface area contributed by atoms with Gasteiger partial charge in [0.2, 0.25) is 11.6 Å². The first-order valence-electron chi connectivity index (χ1n) is 12.1. The topological polar surface area (TPSA) is 84.7 Å². The van der Waals surface area contributed by atoms with E-state index in [2.05, 4.69) is 15.0 Å². The average molecular weight is 554 g/mol. The summed E-state index contributed by atoms with van der Waals surface area (Å²) in [5, 5.41) is 8.52. The molecule has 8 nitrogen and oxygen atoms in total. The van der Waals surface area contributed by atoms with Crippen molar-refractivity contribution in [3.05, 3.63) is 64.3 Å². The van der Waals surface area contributed by atoms with E-state index in [0.29, 0.717) is 48.6 Å². The molecule has 0 bridgehead atoms. The number of alkyl halides is 3. The van der Waals surface area contributed by atoms with Gasteiger partial charge in [-0.15, -0.1) is 18.3 Å². The normalized spacial score (nSPS) is 17.6. The van der Waals surface area contributed by atoms with Gasteiger partial charge in [0, 0.05) is 5.02 Å². The molecule has 0 spiro atoms. The van der Waals surface area contributed by atoms with Crippen LogP contribution in [0, 0.1) is 0 Å². The van der Waals surface area contributed by atoms with Crippen LogP contribution in [0.25, 0.3) is 0 Å². The molecule has 1 aromatic heterocycles. The number of carbonyl (C=O) groups is 1. The van der Waals surface area contributed by atoms with Gasteiger partial charge >= 0.3 is 12.3 Å². The lowest BCUT2D eigenvalue weighted by Crippen LogP contribution is -2.26. The highest BCUT2D eigenvalue weighted by atomic mass is 35.5. The van der Waals surface area contributed by atoms with Crippen molar-refractivity contribution in [1.82, 2.24) is 15.0 Å². The molecule has 0 aliphatic heterocycles. The van der Waals surface area contributed by atoms with Crippen molar-refractivity contribution in [2.45, 2.75) is 57.5 Å². The van der Waals surface area contributed by atoms with Gasteiger partial charge in [0.1, 0.15) is 17.6 Å². The number of benzene rings is 2. The van der Waals surface area contributed by atoms with Crippen LogP contribution in [0.5, 0.6) is 17.4 Å². The van der Waals surface area contributed by atoms with E-state index >= 15 is 0 Å². The number of ether oxygens (including phenoxy) is 4. The number of methoxy groups -OCH3 is 1. The minimum absolute atomic E-state index is 0.0115. The molecule has 0 radical (unpaired) electrons. The zero-order valence-electron chi connectivity index (χ0n) is 20.8. The van der Waals surface area contributed by atoms with Crippen molar-refractivity contribution >= 4 is 17.6 Å². The molecule has 0 atom stereocenters. The third-order valence-corrected chi connectivity index (χ3v) is 6.59. The van der Waals surface area contributed by atoms with Gasteiger partial charge in [0.15, 0.2) is 0 Å². The first kappa shape index (κ1) is 27.6. The highest BCUT2D eigenvalue weighted by Gasteiger charge is 2.33. The lowest BCUT2D eigenvalue weighted by atomic mass is 9.82. The van der Waals surface area contributed by atoms with E-state index < -0.39 is 12.3 Å². The second-order valence-corrected chi connectivity index (χ2v) is 9.20. The molecule has 0 unspecified atom stereocenters. The average Bonchev–Trinajstić information content (AvgIpc) is 3.27. The Balaban J connectivity index is 1.48. The number of hydrogen-bond acceptors (Lipinski definition) is 7. The first-order valence-corrected chi connectivity index (χ1v) is 12.5. The van der Waals surface area contributed by atoms with Gasteiger partial charge in [-0.25, -0.2) is 9.48 Å². The minimum Gasteiger partial charge on any atom is -0.497 e. The van der Waals surface area contributed by atoms with Gasteiger partial charge in [0.25, 0.3) is 0 Å². The van der Waals surface area contributed by atoms with E-state index in [1.165, 1.54) is 22.9 Å². The van der Waals surface area contributed by atoms with Crippen LogP contribution < -0.4 is 14.2 Å². The fourth-order valence-corrected chi connectivity index (χ4v) is 4.71. The predicted molar refractivity (Wildman–Crippen MR) is 132 cm³/mol. The van der Waals surface area contributed by atoms with Crippen LogP contribution >= 0.6 is 11.6 Å². The maximum atomic E-state index is 12.7. The van der Waals surface area contributed by atoms with Crippen molar-refractivity contribution in [3.63, 3.8) is 0 Å². The van der Waals surface area contributed by atoms with Crippen molar-refractivity contribution in [2.75, 3.05) is 13.7 Å². The molecule has 3 aromatic rings. The summed E-state index contributed by atoms with van der Waals surface area (Å²) < 4.78 is 60.1. The standard InChI is InChI=1S/C26H27ClF3N3O5/c1-3-36-25(34)23-24(33(32-31-23)15-16-4-8-18(35-2)9-5-16)37-19-10-6-17(7-11-19)21-14-20(12-13-22(21)27)38-26(28,29)30/h4-5,8-9,12-14,17,19H,3,6-7,10-11,15H2,1-2H3/t17-,19-. The Hall–Kier alpha value is -3.47. The maximum Gasteiger partial charge on any atom is 0.573 e. The molecule has 1 heterocycles. The van der Waals surface area contributed by atoms with E-state index in [9.17, 15) is 18.0 Å². The molecular weight excluding hydrogens is 527 g/mol. The third-order valence-electron chi connectivity index (χ3n) is 6.24. The van der Waals surface area contributed by atoms with E-state index in [0.717, 1.165) is 5.56 Å². The number of hydrogen-bond donors (Lipinski definition) is 0. The molecule has 4 rings (SSSR count). The summed E-state index contributed by atoms with van der Waals surface area (Å²) in [6, 6.07) is 11.3. The summed E-state index contributed by atoms with van der Waals surface area (Å²) in [6.07, 6.45) is -2.64. The molecule has 0 saturated heterocycles. The van der Waals surface area contributed by atoms with Crippen LogP contribution in [0.4, 0.5) is 13.2 Å². The van der Waals surface area contributed by atoms with Crippen LogP contribution in [-0.4, -0.2) is 47.1 Å². The van der Waals surface area contributed by atoms with Crippen molar-refractivity contribution in [3.8, 4) is 17.4 Å². The Morgan fingerprint density at radius 3 is 2.39 bits per heavy atom. The highest BCUT2D eigenvalue weighted by molar-refractivity contribution is 6.31. The first-order chi connectivity index (χ1) is 18.2. The van der Waals surface area contributed by atoms with Crippen molar-refractivity contribution < 1.29 is 36.9 Å². The summed E-state index contributed by atoms with van der Waals surface area (Å²) in [7, 11) is 1.58. The number of aromatic nitrogens is 3. The number of nitrogens with zero attached hydrogens (tertiary/aromatic N) is 3. The number of esters is 1. The van der Waals surface area contributed by atoms with Gasteiger partial charge in [-0.3, -0.25) is 0 Å². The van der Waals surface area contributed by atoms with Gasteiger partial charge in [-0.2, -0.15) is 0 Å². The third kappa shape index (κ3) is 6.89. The number of rotatable bonds is 9. The molecule has 0 amide bonds. The molecular formula is C26H27ClF3N3O5. The van der Waals surface area contributed by atoms with Gasteiger partial charge in [-0.05, 0) is 80.0 Å². The van der Waals surface area contributed by atoms with Crippen LogP contribution in [0.1, 0.15) is 60.1 Å². The van der Waals surface area contributed by atoms with Gasteiger partial charge in [0.05, 0.1) is 20.3 Å². The predicted octanol–water partition coefficient (Wildman–Crippen LogP) is 6.17. The zero-order valence-corrected chi connectivity index (χ0v) is 21.6. The Kier molecular flexibility index (Phi) is 8.65. The molecule has 38 heavy (non-hydrogen) atoms. The minimum atomic E-state index is -4.78. The molecule has 12 heteroatoms. The van der Waals surface area contributed by atoms with Crippen LogP contribution in [-0.2, 0) is 11.3 Å². The molecule has 204 valence electrons. The lowest BCUT2D eigenvalue weighted by molar-refractivity contribution is -0.274. The fraction of sp³-hybridized carbons (Fsp3) is 0.423. The molecule has 0 N–H and O–H groups in total. The van der Waals surface area contributed by atoms with E-state index in [1.807, 2.05) is 24.3 Å². The molecule has 1 fully saturated rings. The summed E-state index contributed by atoms with van der Waals surface area (Å²) in [4.78, 5) is 12.5. The Morgan fingerprint density at radius 1 is 1.08 bits per heavy atom. The summed E-state index contributed by atoms with van der Waals surface area (Å²) >= 11 is 6.31. The van der Waals surface area contributed by atoms with Crippen LogP contribution in [0.15, 0.2) is 42.5 Å². The molecule has 1 saturated carbocycles. The smallest absolute Gasteiger partial charge is 0.497 e. The van der Waals surface area contributed by atoms with Crippen molar-refractivity contribution in [1.29, 1.82) is 0 Å². The van der Waals surface area contributed by atoms with Crippen LogP contribution in [0.3, 0.4) is 0 Å². The highest BCUT2D eigenvalue weighted by Crippen LogP contribution is 2.40. The molecule has 2 aromatic carbocycles. The number of carbonyl (C=O) groups excluding carboxylic acids is 1.